The van der Waals surface area contributed by atoms with Gasteiger partial charge in [-0.1, -0.05) is 104 Å². The van der Waals surface area contributed by atoms with Gasteiger partial charge in [0.05, 0.1) is 17.8 Å². The van der Waals surface area contributed by atoms with Crippen LogP contribution in [0.15, 0.2) is 121 Å². The first-order chi connectivity index (χ1) is 17.0. The van der Waals surface area contributed by atoms with E-state index in [-0.39, 0.29) is 5.69 Å². The van der Waals surface area contributed by atoms with Crippen LogP contribution in [0.4, 0.5) is 10.1 Å². The number of hydrogen-bond donors (Lipinski definition) is 2. The third-order valence-electron chi connectivity index (χ3n) is 5.91. The van der Waals surface area contributed by atoms with Crippen LogP contribution < -0.4 is 10.2 Å². The number of nitrogens with zero attached hydrogens (tertiary/aromatic N) is 1. The summed E-state index contributed by atoms with van der Waals surface area (Å²) in [5.74, 6) is -0.981. The standard InChI is InChI=1S/C30H31FN2O2/c1-4-14-23(15-5-2)30(24-16-8-6-9-17-24,25-18-10-7-11-19-25)32-27(22-34)29(35)33(3)28-21-13-12-20-26(28)31/h4-21,27,32,34H,1,22H2,2-3H3/b15-5-,23-14+/t27-/m0/s1. The number of aliphatic hydroxyl groups is 1. The van der Waals surface area contributed by atoms with Gasteiger partial charge in [0.25, 0.3) is 0 Å². The Morgan fingerprint density at radius 2 is 1.57 bits per heavy atom. The van der Waals surface area contributed by atoms with Crippen LogP contribution in [-0.2, 0) is 10.3 Å². The number of amides is 1. The molecule has 0 aliphatic heterocycles. The molecule has 0 aromatic heterocycles. The van der Waals surface area contributed by atoms with Gasteiger partial charge in [0, 0.05) is 7.05 Å². The molecule has 35 heavy (non-hydrogen) atoms. The molecule has 0 fully saturated rings. The molecule has 3 aromatic rings. The highest BCUT2D eigenvalue weighted by atomic mass is 19.1. The van der Waals surface area contributed by atoms with Gasteiger partial charge in [-0.2, -0.15) is 0 Å². The molecule has 5 heteroatoms. The van der Waals surface area contributed by atoms with E-state index in [1.165, 1.54) is 24.1 Å². The van der Waals surface area contributed by atoms with Gasteiger partial charge in [-0.25, -0.2) is 4.39 Å². The van der Waals surface area contributed by atoms with E-state index in [1.807, 2.05) is 85.8 Å². The van der Waals surface area contributed by atoms with Gasteiger partial charge in [0.15, 0.2) is 0 Å². The fourth-order valence-corrected chi connectivity index (χ4v) is 4.26. The summed E-state index contributed by atoms with van der Waals surface area (Å²) in [6.45, 7) is 5.32. The molecule has 0 radical (unpaired) electrons. The number of anilines is 1. The maximum absolute atomic E-state index is 14.5. The Hall–Kier alpha value is -3.80. The number of rotatable bonds is 10. The van der Waals surface area contributed by atoms with Crippen LogP contribution in [0.2, 0.25) is 0 Å². The van der Waals surface area contributed by atoms with Gasteiger partial charge >= 0.3 is 0 Å². The molecule has 0 spiro atoms. The van der Waals surface area contributed by atoms with E-state index in [0.717, 1.165) is 16.7 Å². The van der Waals surface area contributed by atoms with Crippen LogP contribution in [0.3, 0.4) is 0 Å². The molecule has 0 saturated carbocycles. The molecule has 0 bridgehead atoms. The summed E-state index contributed by atoms with van der Waals surface area (Å²) >= 11 is 0. The molecule has 180 valence electrons. The van der Waals surface area contributed by atoms with Crippen molar-refractivity contribution in [3.8, 4) is 0 Å². The summed E-state index contributed by atoms with van der Waals surface area (Å²) in [5.41, 5.74) is 1.70. The quantitative estimate of drug-likeness (QED) is 0.392. The molecule has 0 unspecified atom stereocenters. The molecule has 3 rings (SSSR count). The summed E-state index contributed by atoms with van der Waals surface area (Å²) in [7, 11) is 1.50. The molecule has 4 nitrogen and oxygen atoms in total. The second kappa shape index (κ2) is 12.1. The number of carbonyl (C=O) groups excluding carboxylic acids is 1. The molecular weight excluding hydrogens is 439 g/mol. The van der Waals surface area contributed by atoms with Crippen molar-refractivity contribution >= 4 is 11.6 Å². The number of aliphatic hydroxyl groups excluding tert-OH is 1. The van der Waals surface area contributed by atoms with E-state index in [2.05, 4.69) is 11.9 Å². The number of hydrogen-bond acceptors (Lipinski definition) is 3. The first-order valence-electron chi connectivity index (χ1n) is 11.5. The average molecular weight is 471 g/mol. The second-order valence-corrected chi connectivity index (χ2v) is 8.07. The predicted molar refractivity (Wildman–Crippen MR) is 141 cm³/mol. The first kappa shape index (κ1) is 25.8. The van der Waals surface area contributed by atoms with Crippen LogP contribution in [-0.4, -0.2) is 30.7 Å². The number of nitrogens with one attached hydrogen (secondary N) is 1. The average Bonchev–Trinajstić information content (AvgIpc) is 2.90. The van der Waals surface area contributed by atoms with Crippen LogP contribution in [0.5, 0.6) is 0 Å². The predicted octanol–water partition coefficient (Wildman–Crippen LogP) is 5.37. The minimum absolute atomic E-state index is 0.137. The molecule has 0 heterocycles. The monoisotopic (exact) mass is 470 g/mol. The minimum atomic E-state index is -1.04. The second-order valence-electron chi connectivity index (χ2n) is 8.07. The maximum Gasteiger partial charge on any atom is 0.246 e. The molecule has 0 aliphatic carbocycles. The summed E-state index contributed by atoms with van der Waals surface area (Å²) in [5, 5.41) is 13.9. The molecule has 3 aromatic carbocycles. The van der Waals surface area contributed by atoms with Crippen molar-refractivity contribution in [3.05, 3.63) is 138 Å². The molecule has 1 atom stereocenters. The Morgan fingerprint density at radius 1 is 1.03 bits per heavy atom. The molecule has 0 aliphatic rings. The first-order valence-corrected chi connectivity index (χ1v) is 11.5. The third-order valence-corrected chi connectivity index (χ3v) is 5.91. The lowest BCUT2D eigenvalue weighted by atomic mass is 9.75. The molecule has 2 N–H and O–H groups in total. The van der Waals surface area contributed by atoms with Gasteiger partial charge < -0.3 is 10.0 Å². The lowest BCUT2D eigenvalue weighted by Crippen LogP contribution is -2.57. The Kier molecular flexibility index (Phi) is 8.90. The van der Waals surface area contributed by atoms with Crippen molar-refractivity contribution in [2.75, 3.05) is 18.6 Å². The Balaban J connectivity index is 2.21. The molecular formula is C30H31FN2O2. The van der Waals surface area contributed by atoms with Crippen molar-refractivity contribution in [1.29, 1.82) is 0 Å². The van der Waals surface area contributed by atoms with Crippen molar-refractivity contribution in [2.24, 2.45) is 0 Å². The number of carbonyl (C=O) groups is 1. The summed E-state index contributed by atoms with van der Waals surface area (Å²) in [6, 6.07) is 24.5. The highest BCUT2D eigenvalue weighted by molar-refractivity contribution is 5.97. The van der Waals surface area contributed by atoms with Gasteiger partial charge in [0.2, 0.25) is 5.91 Å². The van der Waals surface area contributed by atoms with E-state index in [9.17, 15) is 14.3 Å². The lowest BCUT2D eigenvalue weighted by Gasteiger charge is -2.40. The Bertz CT molecular complexity index is 1150. The zero-order valence-corrected chi connectivity index (χ0v) is 20.1. The smallest absolute Gasteiger partial charge is 0.246 e. The van der Waals surface area contributed by atoms with Crippen LogP contribution in [0.25, 0.3) is 0 Å². The lowest BCUT2D eigenvalue weighted by molar-refractivity contribution is -0.121. The number of para-hydroxylation sites is 1. The highest BCUT2D eigenvalue weighted by Crippen LogP contribution is 2.38. The van der Waals surface area contributed by atoms with Gasteiger partial charge in [-0.3, -0.25) is 10.1 Å². The highest BCUT2D eigenvalue weighted by Gasteiger charge is 2.41. The van der Waals surface area contributed by atoms with E-state index < -0.39 is 29.9 Å². The van der Waals surface area contributed by atoms with E-state index in [4.69, 9.17) is 0 Å². The Labute approximate surface area is 206 Å². The molecule has 0 saturated heterocycles. The van der Waals surface area contributed by atoms with Crippen molar-refractivity contribution in [2.45, 2.75) is 18.5 Å². The molecule has 1 amide bonds. The SMILES string of the molecule is C=C/C=C(\C=C/C)C(N[C@@H](CO)C(=O)N(C)c1ccccc1F)(c1ccccc1)c1ccccc1. The maximum atomic E-state index is 14.5. The van der Waals surface area contributed by atoms with Crippen molar-refractivity contribution in [1.82, 2.24) is 5.32 Å². The number of halogens is 1. The van der Waals surface area contributed by atoms with E-state index in [1.54, 1.807) is 18.2 Å². The van der Waals surface area contributed by atoms with Crippen molar-refractivity contribution in [3.63, 3.8) is 0 Å². The zero-order chi connectivity index (χ0) is 25.3. The van der Waals surface area contributed by atoms with Gasteiger partial charge in [-0.05, 0) is 35.8 Å². The van der Waals surface area contributed by atoms with Gasteiger partial charge in [0.1, 0.15) is 11.9 Å². The largest absolute Gasteiger partial charge is 0.394 e. The normalized spacial score (nSPS) is 13.0. The van der Waals surface area contributed by atoms with Crippen LogP contribution in [0.1, 0.15) is 18.1 Å². The number of likely N-dealkylation sites (N-methyl/N-ethyl adjacent to an activating group) is 1. The summed E-state index contributed by atoms with van der Waals surface area (Å²) in [6.07, 6.45) is 7.44. The topological polar surface area (TPSA) is 52.6 Å². The summed E-state index contributed by atoms with van der Waals surface area (Å²) < 4.78 is 14.5. The Morgan fingerprint density at radius 3 is 2.06 bits per heavy atom. The zero-order valence-electron chi connectivity index (χ0n) is 20.1. The fraction of sp³-hybridized carbons (Fsp3) is 0.167. The van der Waals surface area contributed by atoms with E-state index in [0.29, 0.717) is 0 Å². The van der Waals surface area contributed by atoms with E-state index >= 15 is 0 Å². The third kappa shape index (κ3) is 5.48. The summed E-state index contributed by atoms with van der Waals surface area (Å²) in [4.78, 5) is 14.8. The number of allylic oxidation sites excluding steroid dienone is 3. The van der Waals surface area contributed by atoms with Crippen molar-refractivity contribution < 1.29 is 14.3 Å². The van der Waals surface area contributed by atoms with Crippen LogP contribution >= 0.6 is 0 Å². The number of benzene rings is 3. The fourth-order valence-electron chi connectivity index (χ4n) is 4.26. The van der Waals surface area contributed by atoms with Gasteiger partial charge in [-0.15, -0.1) is 0 Å². The van der Waals surface area contributed by atoms with Crippen LogP contribution in [0, 0.1) is 5.82 Å². The minimum Gasteiger partial charge on any atom is -0.394 e.